The lowest BCUT2D eigenvalue weighted by atomic mass is 10.2. The molecule has 0 aromatic rings. The van der Waals surface area contributed by atoms with Gasteiger partial charge in [-0.25, -0.2) is 0 Å². The SMILES string of the molecule is CC(C)O[C@H]1CCC[C@@H]1OC(C)C. The molecule has 0 aliphatic heterocycles. The van der Waals surface area contributed by atoms with Crippen molar-refractivity contribution < 1.29 is 9.47 Å². The molecule has 2 nitrogen and oxygen atoms in total. The minimum Gasteiger partial charge on any atom is -0.373 e. The zero-order valence-corrected chi connectivity index (χ0v) is 9.25. The van der Waals surface area contributed by atoms with Gasteiger partial charge >= 0.3 is 0 Å². The van der Waals surface area contributed by atoms with Crippen LogP contribution in [0.2, 0.25) is 0 Å². The van der Waals surface area contributed by atoms with Gasteiger partial charge < -0.3 is 9.47 Å². The monoisotopic (exact) mass is 186 g/mol. The van der Waals surface area contributed by atoms with Crippen molar-refractivity contribution in [1.29, 1.82) is 0 Å². The van der Waals surface area contributed by atoms with E-state index in [0.717, 1.165) is 12.8 Å². The number of ether oxygens (including phenoxy) is 2. The summed E-state index contributed by atoms with van der Waals surface area (Å²) in [6.45, 7) is 8.35. The van der Waals surface area contributed by atoms with E-state index >= 15 is 0 Å². The van der Waals surface area contributed by atoms with E-state index in [-0.39, 0.29) is 0 Å². The van der Waals surface area contributed by atoms with Crippen molar-refractivity contribution in [1.82, 2.24) is 0 Å². The lowest BCUT2D eigenvalue weighted by molar-refractivity contribution is -0.0942. The predicted octanol–water partition coefficient (Wildman–Crippen LogP) is 2.76. The van der Waals surface area contributed by atoms with Crippen LogP contribution in [-0.4, -0.2) is 24.4 Å². The van der Waals surface area contributed by atoms with Gasteiger partial charge in [0.05, 0.1) is 24.4 Å². The van der Waals surface area contributed by atoms with Gasteiger partial charge in [0, 0.05) is 0 Å². The summed E-state index contributed by atoms with van der Waals surface area (Å²) < 4.78 is 11.6. The van der Waals surface area contributed by atoms with E-state index in [0.29, 0.717) is 24.4 Å². The Kier molecular flexibility index (Phi) is 4.20. The Bertz CT molecular complexity index is 127. The van der Waals surface area contributed by atoms with Crippen LogP contribution >= 0.6 is 0 Å². The van der Waals surface area contributed by atoms with Gasteiger partial charge in [0.2, 0.25) is 0 Å². The molecule has 13 heavy (non-hydrogen) atoms. The van der Waals surface area contributed by atoms with E-state index in [1.165, 1.54) is 6.42 Å². The average molecular weight is 186 g/mol. The highest BCUT2D eigenvalue weighted by atomic mass is 16.6. The van der Waals surface area contributed by atoms with E-state index in [1.807, 2.05) is 0 Å². The first kappa shape index (κ1) is 11.0. The number of hydrogen-bond acceptors (Lipinski definition) is 2. The molecule has 1 fully saturated rings. The first-order valence-electron chi connectivity index (χ1n) is 5.40. The second-order valence-electron chi connectivity index (χ2n) is 4.38. The van der Waals surface area contributed by atoms with E-state index in [9.17, 15) is 0 Å². The number of rotatable bonds is 4. The van der Waals surface area contributed by atoms with Crippen molar-refractivity contribution in [3.63, 3.8) is 0 Å². The van der Waals surface area contributed by atoms with Crippen LogP contribution in [0.3, 0.4) is 0 Å². The molecule has 2 atom stereocenters. The first-order valence-corrected chi connectivity index (χ1v) is 5.40. The van der Waals surface area contributed by atoms with Crippen LogP contribution in [0.1, 0.15) is 47.0 Å². The molecule has 0 aromatic heterocycles. The quantitative estimate of drug-likeness (QED) is 0.672. The predicted molar refractivity (Wildman–Crippen MR) is 53.9 cm³/mol. The molecule has 0 unspecified atom stereocenters. The van der Waals surface area contributed by atoms with Gasteiger partial charge in [-0.1, -0.05) is 0 Å². The molecule has 0 spiro atoms. The van der Waals surface area contributed by atoms with Crippen LogP contribution < -0.4 is 0 Å². The highest BCUT2D eigenvalue weighted by Gasteiger charge is 2.29. The number of hydrogen-bond donors (Lipinski definition) is 0. The Morgan fingerprint density at radius 3 is 1.54 bits per heavy atom. The topological polar surface area (TPSA) is 18.5 Å². The largest absolute Gasteiger partial charge is 0.373 e. The summed E-state index contributed by atoms with van der Waals surface area (Å²) in [6, 6.07) is 0. The second kappa shape index (κ2) is 4.97. The Balaban J connectivity index is 2.35. The van der Waals surface area contributed by atoms with Crippen molar-refractivity contribution >= 4 is 0 Å². The van der Waals surface area contributed by atoms with Gasteiger partial charge in [-0.2, -0.15) is 0 Å². The molecule has 0 N–H and O–H groups in total. The first-order chi connectivity index (χ1) is 6.09. The van der Waals surface area contributed by atoms with E-state index in [4.69, 9.17) is 9.47 Å². The zero-order chi connectivity index (χ0) is 9.84. The Labute approximate surface area is 81.6 Å². The van der Waals surface area contributed by atoms with Crippen molar-refractivity contribution in [3.05, 3.63) is 0 Å². The molecule has 1 aliphatic rings. The average Bonchev–Trinajstić information content (AvgIpc) is 2.34. The standard InChI is InChI=1S/C11H22O2/c1-8(2)12-10-6-5-7-11(10)13-9(3)4/h8-11H,5-7H2,1-4H3/t10-,11-/m0/s1. The molecule has 1 aliphatic carbocycles. The maximum atomic E-state index is 5.80. The normalized spacial score (nSPS) is 29.1. The molecule has 0 amide bonds. The molecule has 2 heteroatoms. The van der Waals surface area contributed by atoms with Gasteiger partial charge in [-0.15, -0.1) is 0 Å². The van der Waals surface area contributed by atoms with Crippen molar-refractivity contribution in [2.75, 3.05) is 0 Å². The van der Waals surface area contributed by atoms with E-state index in [2.05, 4.69) is 27.7 Å². The molecule has 0 radical (unpaired) electrons. The molecular weight excluding hydrogens is 164 g/mol. The summed E-state index contributed by atoms with van der Waals surface area (Å²) in [7, 11) is 0. The summed E-state index contributed by atoms with van der Waals surface area (Å²) in [5.41, 5.74) is 0. The summed E-state index contributed by atoms with van der Waals surface area (Å²) in [5, 5.41) is 0. The van der Waals surface area contributed by atoms with Crippen molar-refractivity contribution in [2.45, 2.75) is 71.4 Å². The molecule has 0 saturated heterocycles. The second-order valence-corrected chi connectivity index (χ2v) is 4.38. The minimum absolute atomic E-state index is 0.321. The van der Waals surface area contributed by atoms with Crippen LogP contribution in [0.15, 0.2) is 0 Å². The lowest BCUT2D eigenvalue weighted by Gasteiger charge is -2.24. The van der Waals surface area contributed by atoms with Gasteiger partial charge in [0.15, 0.2) is 0 Å². The van der Waals surface area contributed by atoms with Crippen LogP contribution in [0.4, 0.5) is 0 Å². The van der Waals surface area contributed by atoms with Crippen LogP contribution in [0.25, 0.3) is 0 Å². The Morgan fingerprint density at radius 1 is 0.846 bits per heavy atom. The molecule has 0 heterocycles. The van der Waals surface area contributed by atoms with Crippen molar-refractivity contribution in [3.8, 4) is 0 Å². The maximum Gasteiger partial charge on any atom is 0.0840 e. The fourth-order valence-corrected chi connectivity index (χ4v) is 1.90. The smallest absolute Gasteiger partial charge is 0.0840 e. The molecule has 1 saturated carbocycles. The van der Waals surface area contributed by atoms with Crippen molar-refractivity contribution in [2.24, 2.45) is 0 Å². The van der Waals surface area contributed by atoms with Gasteiger partial charge in [-0.05, 0) is 47.0 Å². The zero-order valence-electron chi connectivity index (χ0n) is 9.25. The highest BCUT2D eigenvalue weighted by molar-refractivity contribution is 4.79. The van der Waals surface area contributed by atoms with Crippen LogP contribution in [-0.2, 0) is 9.47 Å². The Morgan fingerprint density at radius 2 is 1.23 bits per heavy atom. The highest BCUT2D eigenvalue weighted by Crippen LogP contribution is 2.26. The fraction of sp³-hybridized carbons (Fsp3) is 1.00. The molecular formula is C11H22O2. The summed E-state index contributed by atoms with van der Waals surface area (Å²) in [6.07, 6.45) is 4.88. The Hall–Kier alpha value is -0.0800. The summed E-state index contributed by atoms with van der Waals surface area (Å²) in [4.78, 5) is 0. The molecule has 1 rings (SSSR count). The molecule has 0 bridgehead atoms. The van der Waals surface area contributed by atoms with Crippen LogP contribution in [0.5, 0.6) is 0 Å². The lowest BCUT2D eigenvalue weighted by Crippen LogP contribution is -2.30. The third-order valence-electron chi connectivity index (χ3n) is 2.29. The third-order valence-corrected chi connectivity index (χ3v) is 2.29. The third kappa shape index (κ3) is 3.65. The minimum atomic E-state index is 0.321. The summed E-state index contributed by atoms with van der Waals surface area (Å²) in [5.74, 6) is 0. The van der Waals surface area contributed by atoms with E-state index < -0.39 is 0 Å². The molecule has 0 aromatic carbocycles. The molecule has 78 valence electrons. The fourth-order valence-electron chi connectivity index (χ4n) is 1.90. The maximum absolute atomic E-state index is 5.80. The van der Waals surface area contributed by atoms with Crippen LogP contribution in [0, 0.1) is 0 Å². The van der Waals surface area contributed by atoms with E-state index in [1.54, 1.807) is 0 Å². The van der Waals surface area contributed by atoms with Gasteiger partial charge in [0.1, 0.15) is 0 Å². The van der Waals surface area contributed by atoms with Gasteiger partial charge in [-0.3, -0.25) is 0 Å². The van der Waals surface area contributed by atoms with Gasteiger partial charge in [0.25, 0.3) is 0 Å². The summed E-state index contributed by atoms with van der Waals surface area (Å²) >= 11 is 0.